The molecule has 1 amide bonds. The van der Waals surface area contributed by atoms with Gasteiger partial charge in [0.2, 0.25) is 5.91 Å². The predicted octanol–water partition coefficient (Wildman–Crippen LogP) is 4.30. The highest BCUT2D eigenvalue weighted by Gasteiger charge is 2.10. The molecule has 0 aromatic heterocycles. The molecule has 0 aliphatic rings. The van der Waals surface area contributed by atoms with Gasteiger partial charge < -0.3 is 5.32 Å². The van der Waals surface area contributed by atoms with E-state index in [1.807, 2.05) is 48.5 Å². The van der Waals surface area contributed by atoms with E-state index in [4.69, 9.17) is 0 Å². The predicted molar refractivity (Wildman–Crippen MR) is 100.0 cm³/mol. The zero-order valence-electron chi connectivity index (χ0n) is 13.9. The van der Waals surface area contributed by atoms with E-state index in [1.54, 1.807) is 0 Å². The van der Waals surface area contributed by atoms with Crippen LogP contribution in [0.25, 0.3) is 10.8 Å². The fourth-order valence-electron chi connectivity index (χ4n) is 2.79. The number of carbonyl (C=O) groups excluding carboxylic acids is 1. The smallest absolute Gasteiger partial charge is 0.238 e. The van der Waals surface area contributed by atoms with Crippen molar-refractivity contribution in [2.75, 3.05) is 18.4 Å². The van der Waals surface area contributed by atoms with Gasteiger partial charge in [0.05, 0.1) is 6.54 Å². The van der Waals surface area contributed by atoms with Gasteiger partial charge in [0, 0.05) is 12.2 Å². The first-order chi connectivity index (χ1) is 11.7. The maximum absolute atomic E-state index is 12.4. The number of likely N-dealkylation sites (N-methyl/N-ethyl adjacent to an activating group) is 1. The Morgan fingerprint density at radius 1 is 0.917 bits per heavy atom. The van der Waals surface area contributed by atoms with Crippen LogP contribution in [0.2, 0.25) is 0 Å². The second-order valence-electron chi connectivity index (χ2n) is 5.90. The summed E-state index contributed by atoms with van der Waals surface area (Å²) in [5, 5.41) is 5.31. The van der Waals surface area contributed by atoms with Crippen LogP contribution in [0.1, 0.15) is 12.5 Å². The van der Waals surface area contributed by atoms with Gasteiger partial charge in [-0.2, -0.15) is 0 Å². The highest BCUT2D eigenvalue weighted by Crippen LogP contribution is 2.18. The summed E-state index contributed by atoms with van der Waals surface area (Å²) < 4.78 is 0. The number of amides is 1. The molecule has 24 heavy (non-hydrogen) atoms. The summed E-state index contributed by atoms with van der Waals surface area (Å²) in [5.74, 6) is 0.0167. The zero-order chi connectivity index (χ0) is 16.8. The van der Waals surface area contributed by atoms with E-state index in [0.717, 1.165) is 24.2 Å². The number of hydrogen-bond acceptors (Lipinski definition) is 2. The van der Waals surface area contributed by atoms with Gasteiger partial charge in [0.15, 0.2) is 0 Å². The SMILES string of the molecule is CCN(CC(=O)Nc1ccc2ccccc2c1)Cc1ccccc1. The molecule has 0 radical (unpaired) electrons. The quantitative estimate of drug-likeness (QED) is 0.735. The van der Waals surface area contributed by atoms with Crippen LogP contribution in [0.4, 0.5) is 5.69 Å². The topological polar surface area (TPSA) is 32.3 Å². The fraction of sp³-hybridized carbons (Fsp3) is 0.190. The van der Waals surface area contributed by atoms with Crippen LogP contribution in [-0.4, -0.2) is 23.9 Å². The molecule has 0 saturated carbocycles. The number of fused-ring (bicyclic) bond motifs is 1. The molecule has 1 N–H and O–H groups in total. The number of hydrogen-bond donors (Lipinski definition) is 1. The van der Waals surface area contributed by atoms with Crippen LogP contribution in [0.3, 0.4) is 0 Å². The van der Waals surface area contributed by atoms with E-state index >= 15 is 0 Å². The van der Waals surface area contributed by atoms with E-state index in [0.29, 0.717) is 6.54 Å². The minimum Gasteiger partial charge on any atom is -0.325 e. The van der Waals surface area contributed by atoms with Gasteiger partial charge in [-0.25, -0.2) is 0 Å². The van der Waals surface area contributed by atoms with E-state index in [2.05, 4.69) is 41.4 Å². The molecule has 0 bridgehead atoms. The molecule has 3 aromatic carbocycles. The Morgan fingerprint density at radius 2 is 1.62 bits per heavy atom. The van der Waals surface area contributed by atoms with Gasteiger partial charge in [0.25, 0.3) is 0 Å². The fourth-order valence-corrected chi connectivity index (χ4v) is 2.79. The molecular weight excluding hydrogens is 296 g/mol. The molecule has 0 unspecified atom stereocenters. The van der Waals surface area contributed by atoms with E-state index < -0.39 is 0 Å². The maximum atomic E-state index is 12.4. The largest absolute Gasteiger partial charge is 0.325 e. The summed E-state index contributed by atoms with van der Waals surface area (Å²) in [7, 11) is 0. The van der Waals surface area contributed by atoms with Crippen LogP contribution >= 0.6 is 0 Å². The molecule has 3 nitrogen and oxygen atoms in total. The number of anilines is 1. The molecule has 0 saturated heterocycles. The van der Waals surface area contributed by atoms with E-state index in [1.165, 1.54) is 10.9 Å². The molecule has 3 heteroatoms. The lowest BCUT2D eigenvalue weighted by Gasteiger charge is -2.20. The maximum Gasteiger partial charge on any atom is 0.238 e. The van der Waals surface area contributed by atoms with Crippen molar-refractivity contribution < 1.29 is 4.79 Å². The highest BCUT2D eigenvalue weighted by atomic mass is 16.2. The van der Waals surface area contributed by atoms with Crippen molar-refractivity contribution >= 4 is 22.4 Å². The molecule has 3 aromatic rings. The normalized spacial score (nSPS) is 10.9. The Morgan fingerprint density at radius 3 is 2.38 bits per heavy atom. The van der Waals surface area contributed by atoms with Gasteiger partial charge in [-0.15, -0.1) is 0 Å². The van der Waals surface area contributed by atoms with Crippen molar-refractivity contribution in [3.05, 3.63) is 78.4 Å². The summed E-state index contributed by atoms with van der Waals surface area (Å²) in [6, 6.07) is 24.4. The lowest BCUT2D eigenvalue weighted by atomic mass is 10.1. The third-order valence-electron chi connectivity index (χ3n) is 4.10. The Hall–Kier alpha value is -2.65. The van der Waals surface area contributed by atoms with Gasteiger partial charge in [-0.1, -0.05) is 67.6 Å². The van der Waals surface area contributed by atoms with Crippen molar-refractivity contribution in [3.8, 4) is 0 Å². The van der Waals surface area contributed by atoms with Crippen molar-refractivity contribution in [1.29, 1.82) is 0 Å². The Kier molecular flexibility index (Phi) is 5.24. The first-order valence-corrected chi connectivity index (χ1v) is 8.29. The van der Waals surface area contributed by atoms with Crippen LogP contribution in [-0.2, 0) is 11.3 Å². The zero-order valence-corrected chi connectivity index (χ0v) is 13.9. The lowest BCUT2D eigenvalue weighted by molar-refractivity contribution is -0.117. The summed E-state index contributed by atoms with van der Waals surface area (Å²) in [4.78, 5) is 14.5. The molecule has 0 atom stereocenters. The highest BCUT2D eigenvalue weighted by molar-refractivity contribution is 5.95. The Labute approximate surface area is 142 Å². The molecule has 122 valence electrons. The monoisotopic (exact) mass is 318 g/mol. The molecule has 0 spiro atoms. The van der Waals surface area contributed by atoms with Crippen molar-refractivity contribution in [1.82, 2.24) is 4.90 Å². The molecule has 0 heterocycles. The van der Waals surface area contributed by atoms with Crippen LogP contribution in [0, 0.1) is 0 Å². The Bertz CT molecular complexity index is 814. The third-order valence-corrected chi connectivity index (χ3v) is 4.10. The standard InChI is InChI=1S/C21H22N2O/c1-2-23(15-17-8-4-3-5-9-17)16-21(24)22-20-13-12-18-10-6-7-11-19(18)14-20/h3-14H,2,15-16H2,1H3,(H,22,24). The average molecular weight is 318 g/mol. The van der Waals surface area contributed by atoms with Crippen LogP contribution in [0.15, 0.2) is 72.8 Å². The van der Waals surface area contributed by atoms with Crippen LogP contribution in [0.5, 0.6) is 0 Å². The summed E-state index contributed by atoms with van der Waals surface area (Å²) in [5.41, 5.74) is 2.06. The average Bonchev–Trinajstić information content (AvgIpc) is 2.62. The number of rotatable bonds is 6. The van der Waals surface area contributed by atoms with Crippen molar-refractivity contribution in [2.24, 2.45) is 0 Å². The minimum absolute atomic E-state index is 0.0167. The molecule has 3 rings (SSSR count). The number of nitrogens with zero attached hydrogens (tertiary/aromatic N) is 1. The number of carbonyl (C=O) groups is 1. The van der Waals surface area contributed by atoms with Gasteiger partial charge >= 0.3 is 0 Å². The van der Waals surface area contributed by atoms with Gasteiger partial charge in [-0.3, -0.25) is 9.69 Å². The molecule has 0 aliphatic carbocycles. The molecule has 0 fully saturated rings. The van der Waals surface area contributed by atoms with E-state index in [9.17, 15) is 4.79 Å². The van der Waals surface area contributed by atoms with Gasteiger partial charge in [-0.05, 0) is 35.0 Å². The minimum atomic E-state index is 0.0167. The number of benzene rings is 3. The second kappa shape index (κ2) is 7.75. The Balaban J connectivity index is 1.62. The lowest BCUT2D eigenvalue weighted by Crippen LogP contribution is -2.32. The summed E-state index contributed by atoms with van der Waals surface area (Å²) in [6.07, 6.45) is 0. The first kappa shape index (κ1) is 16.2. The van der Waals surface area contributed by atoms with Crippen molar-refractivity contribution in [3.63, 3.8) is 0 Å². The second-order valence-corrected chi connectivity index (χ2v) is 5.90. The van der Waals surface area contributed by atoms with Crippen LogP contribution < -0.4 is 5.32 Å². The summed E-state index contributed by atoms with van der Waals surface area (Å²) >= 11 is 0. The van der Waals surface area contributed by atoms with Gasteiger partial charge in [0.1, 0.15) is 0 Å². The number of nitrogens with one attached hydrogen (secondary N) is 1. The summed E-state index contributed by atoms with van der Waals surface area (Å²) in [6.45, 7) is 4.08. The van der Waals surface area contributed by atoms with E-state index in [-0.39, 0.29) is 5.91 Å². The van der Waals surface area contributed by atoms with Crippen molar-refractivity contribution in [2.45, 2.75) is 13.5 Å². The first-order valence-electron chi connectivity index (χ1n) is 8.29. The third kappa shape index (κ3) is 4.21. The molecular formula is C21H22N2O. The molecule has 0 aliphatic heterocycles.